The number of rotatable bonds is 5. The summed E-state index contributed by atoms with van der Waals surface area (Å²) in [5, 5.41) is 16.8. The fourth-order valence-electron chi connectivity index (χ4n) is 1.64. The average molecular weight is 267 g/mol. The molecular weight excluding hydrogens is 250 g/mol. The minimum Gasteiger partial charge on any atom is -0.480 e. The number of nitrogens with zero attached hydrogens (tertiary/aromatic N) is 3. The van der Waals surface area contributed by atoms with Gasteiger partial charge in [-0.05, 0) is 32.9 Å². The van der Waals surface area contributed by atoms with Gasteiger partial charge in [-0.25, -0.2) is 9.59 Å². The standard InChI is InChI=1S/C12H17N3O4/c1-5-15(12(2,3)11(17)18)9-7-6-8(13-14-9)10(16)19-4/h6-7H,5H2,1-4H3,(H,17,18). The Morgan fingerprint density at radius 3 is 2.37 bits per heavy atom. The van der Waals surface area contributed by atoms with E-state index in [2.05, 4.69) is 14.9 Å². The molecule has 0 amide bonds. The van der Waals surface area contributed by atoms with E-state index in [1.54, 1.807) is 24.8 Å². The number of aromatic nitrogens is 2. The van der Waals surface area contributed by atoms with E-state index < -0.39 is 17.5 Å². The van der Waals surface area contributed by atoms with E-state index in [1.165, 1.54) is 13.2 Å². The summed E-state index contributed by atoms with van der Waals surface area (Å²) >= 11 is 0. The predicted octanol–water partition coefficient (Wildman–Crippen LogP) is 0.953. The number of aliphatic carboxylic acids is 1. The summed E-state index contributed by atoms with van der Waals surface area (Å²) in [4.78, 5) is 24.1. The molecule has 0 unspecified atom stereocenters. The van der Waals surface area contributed by atoms with Gasteiger partial charge in [-0.2, -0.15) is 0 Å². The quantitative estimate of drug-likeness (QED) is 0.794. The Balaban J connectivity index is 3.07. The van der Waals surface area contributed by atoms with Crippen LogP contribution in [0.5, 0.6) is 0 Å². The van der Waals surface area contributed by atoms with Gasteiger partial charge in [-0.15, -0.1) is 10.2 Å². The summed E-state index contributed by atoms with van der Waals surface area (Å²) in [6.07, 6.45) is 0. The molecule has 0 fully saturated rings. The third-order valence-corrected chi connectivity index (χ3v) is 2.84. The number of carbonyl (C=O) groups excluding carboxylic acids is 1. The molecule has 7 nitrogen and oxygen atoms in total. The normalized spacial score (nSPS) is 10.9. The van der Waals surface area contributed by atoms with Crippen molar-refractivity contribution in [2.24, 2.45) is 0 Å². The summed E-state index contributed by atoms with van der Waals surface area (Å²) in [6, 6.07) is 3.00. The predicted molar refractivity (Wildman–Crippen MR) is 68.1 cm³/mol. The van der Waals surface area contributed by atoms with Gasteiger partial charge in [-0.1, -0.05) is 0 Å². The fraction of sp³-hybridized carbons (Fsp3) is 0.500. The number of carbonyl (C=O) groups is 2. The van der Waals surface area contributed by atoms with Crippen LogP contribution in [-0.4, -0.2) is 46.4 Å². The molecule has 1 rings (SSSR count). The number of methoxy groups -OCH3 is 1. The molecule has 0 atom stereocenters. The molecule has 0 saturated carbocycles. The molecule has 0 saturated heterocycles. The lowest BCUT2D eigenvalue weighted by Crippen LogP contribution is -2.50. The number of likely N-dealkylation sites (N-methyl/N-ethyl adjacent to an activating group) is 1. The van der Waals surface area contributed by atoms with Gasteiger partial charge in [0.05, 0.1) is 7.11 Å². The van der Waals surface area contributed by atoms with Crippen molar-refractivity contribution in [1.82, 2.24) is 10.2 Å². The third-order valence-electron chi connectivity index (χ3n) is 2.84. The van der Waals surface area contributed by atoms with E-state index in [0.717, 1.165) is 0 Å². The van der Waals surface area contributed by atoms with Crippen molar-refractivity contribution in [3.05, 3.63) is 17.8 Å². The first-order valence-corrected chi connectivity index (χ1v) is 5.77. The van der Waals surface area contributed by atoms with Crippen LogP contribution in [0.25, 0.3) is 0 Å². The molecule has 0 aliphatic rings. The van der Waals surface area contributed by atoms with Crippen LogP contribution >= 0.6 is 0 Å². The minimum atomic E-state index is -1.11. The highest BCUT2D eigenvalue weighted by Crippen LogP contribution is 2.21. The zero-order chi connectivity index (χ0) is 14.6. The number of ether oxygens (including phenoxy) is 1. The molecule has 0 aliphatic carbocycles. The van der Waals surface area contributed by atoms with E-state index in [1.807, 2.05) is 6.92 Å². The molecule has 19 heavy (non-hydrogen) atoms. The maximum absolute atomic E-state index is 11.3. The lowest BCUT2D eigenvalue weighted by molar-refractivity contribution is -0.142. The van der Waals surface area contributed by atoms with Crippen molar-refractivity contribution in [1.29, 1.82) is 0 Å². The lowest BCUT2D eigenvalue weighted by atomic mass is 10.0. The monoisotopic (exact) mass is 267 g/mol. The first-order chi connectivity index (χ1) is 8.84. The topological polar surface area (TPSA) is 92.6 Å². The molecule has 0 aliphatic heterocycles. The Labute approximate surface area is 111 Å². The minimum absolute atomic E-state index is 0.0791. The third kappa shape index (κ3) is 2.98. The SMILES string of the molecule is CCN(c1ccc(C(=O)OC)nn1)C(C)(C)C(=O)O. The van der Waals surface area contributed by atoms with Gasteiger partial charge in [0.2, 0.25) is 0 Å². The van der Waals surface area contributed by atoms with E-state index in [-0.39, 0.29) is 5.69 Å². The zero-order valence-corrected chi connectivity index (χ0v) is 11.4. The maximum atomic E-state index is 11.3. The van der Waals surface area contributed by atoms with Gasteiger partial charge in [0.1, 0.15) is 5.54 Å². The van der Waals surface area contributed by atoms with Crippen molar-refractivity contribution < 1.29 is 19.4 Å². The summed E-state index contributed by atoms with van der Waals surface area (Å²) in [6.45, 7) is 5.43. The smallest absolute Gasteiger partial charge is 0.358 e. The van der Waals surface area contributed by atoms with Crippen LogP contribution in [0.4, 0.5) is 5.82 Å². The summed E-state index contributed by atoms with van der Waals surface area (Å²) in [5.74, 6) is -1.16. The van der Waals surface area contributed by atoms with Crippen molar-refractivity contribution in [2.45, 2.75) is 26.3 Å². The number of hydrogen-bond donors (Lipinski definition) is 1. The van der Waals surface area contributed by atoms with Crippen LogP contribution in [0.15, 0.2) is 12.1 Å². The largest absolute Gasteiger partial charge is 0.480 e. The molecule has 1 aromatic rings. The maximum Gasteiger partial charge on any atom is 0.358 e. The Morgan fingerprint density at radius 2 is 2.00 bits per heavy atom. The van der Waals surface area contributed by atoms with E-state index >= 15 is 0 Å². The Hall–Kier alpha value is -2.18. The fourth-order valence-corrected chi connectivity index (χ4v) is 1.64. The molecule has 1 heterocycles. The molecule has 1 N–H and O–H groups in total. The van der Waals surface area contributed by atoms with Crippen molar-refractivity contribution in [3.8, 4) is 0 Å². The van der Waals surface area contributed by atoms with Crippen molar-refractivity contribution in [3.63, 3.8) is 0 Å². The number of esters is 1. The lowest BCUT2D eigenvalue weighted by Gasteiger charge is -2.34. The van der Waals surface area contributed by atoms with Crippen LogP contribution in [0.3, 0.4) is 0 Å². The van der Waals surface area contributed by atoms with Gasteiger partial charge in [0, 0.05) is 6.54 Å². The molecule has 0 radical (unpaired) electrons. The Morgan fingerprint density at radius 1 is 1.37 bits per heavy atom. The zero-order valence-electron chi connectivity index (χ0n) is 11.4. The molecule has 0 aromatic carbocycles. The van der Waals surface area contributed by atoms with E-state index in [4.69, 9.17) is 0 Å². The Kier molecular flexibility index (Phi) is 4.42. The average Bonchev–Trinajstić information content (AvgIpc) is 2.39. The first kappa shape index (κ1) is 14.9. The summed E-state index contributed by atoms with van der Waals surface area (Å²) in [7, 11) is 1.25. The molecule has 104 valence electrons. The van der Waals surface area contributed by atoms with E-state index in [9.17, 15) is 14.7 Å². The second kappa shape index (κ2) is 5.64. The van der Waals surface area contributed by atoms with Crippen LogP contribution in [0.1, 0.15) is 31.3 Å². The number of carboxylic acid groups (broad SMARTS) is 1. The molecular formula is C12H17N3O4. The molecule has 0 spiro atoms. The van der Waals surface area contributed by atoms with Crippen LogP contribution in [0, 0.1) is 0 Å². The highest BCUT2D eigenvalue weighted by Gasteiger charge is 2.34. The molecule has 1 aromatic heterocycles. The first-order valence-electron chi connectivity index (χ1n) is 5.77. The van der Waals surface area contributed by atoms with Gasteiger partial charge in [0.15, 0.2) is 11.5 Å². The number of anilines is 1. The Bertz CT molecular complexity index is 470. The molecule has 7 heteroatoms. The van der Waals surface area contributed by atoms with E-state index in [0.29, 0.717) is 12.4 Å². The van der Waals surface area contributed by atoms with Gasteiger partial charge in [0.25, 0.3) is 0 Å². The highest BCUT2D eigenvalue weighted by molar-refractivity contribution is 5.87. The van der Waals surface area contributed by atoms with Crippen LogP contribution < -0.4 is 4.90 Å². The second-order valence-electron chi connectivity index (χ2n) is 4.38. The van der Waals surface area contributed by atoms with Crippen molar-refractivity contribution in [2.75, 3.05) is 18.6 Å². The number of carboxylic acids is 1. The van der Waals surface area contributed by atoms with Gasteiger partial charge >= 0.3 is 11.9 Å². The molecule has 0 bridgehead atoms. The van der Waals surface area contributed by atoms with Crippen LogP contribution in [0.2, 0.25) is 0 Å². The van der Waals surface area contributed by atoms with Gasteiger partial charge < -0.3 is 14.7 Å². The highest BCUT2D eigenvalue weighted by atomic mass is 16.5. The second-order valence-corrected chi connectivity index (χ2v) is 4.38. The van der Waals surface area contributed by atoms with Crippen LogP contribution in [-0.2, 0) is 9.53 Å². The van der Waals surface area contributed by atoms with Crippen molar-refractivity contribution >= 4 is 17.8 Å². The van der Waals surface area contributed by atoms with Gasteiger partial charge in [-0.3, -0.25) is 0 Å². The summed E-state index contributed by atoms with van der Waals surface area (Å²) in [5.41, 5.74) is -1.04. The summed E-state index contributed by atoms with van der Waals surface area (Å²) < 4.78 is 4.52. The number of hydrogen-bond acceptors (Lipinski definition) is 6.